The minimum Gasteiger partial charge on any atom is -0.490 e. The molecular weight excluding hydrogens is 390 g/mol. The first-order valence-corrected chi connectivity index (χ1v) is 10.7. The van der Waals surface area contributed by atoms with Crippen LogP contribution in [0, 0.1) is 18.3 Å². The number of amidine groups is 1. The number of amides is 1. The number of benzene rings is 1. The van der Waals surface area contributed by atoms with E-state index in [1.807, 2.05) is 40.8 Å². The van der Waals surface area contributed by atoms with Gasteiger partial charge in [0.15, 0.2) is 0 Å². The molecule has 1 N–H and O–H groups in total. The molecule has 2 aliphatic rings. The van der Waals surface area contributed by atoms with Gasteiger partial charge in [0, 0.05) is 44.5 Å². The van der Waals surface area contributed by atoms with Gasteiger partial charge < -0.3 is 9.64 Å². The fourth-order valence-corrected chi connectivity index (χ4v) is 3.99. The molecular formula is C24H27N5O2. The van der Waals surface area contributed by atoms with Crippen molar-refractivity contribution in [3.8, 4) is 11.8 Å². The topological polar surface area (TPSA) is 82.7 Å². The van der Waals surface area contributed by atoms with Crippen molar-refractivity contribution in [3.63, 3.8) is 0 Å². The van der Waals surface area contributed by atoms with E-state index < -0.39 is 0 Å². The molecule has 7 heteroatoms. The van der Waals surface area contributed by atoms with E-state index in [9.17, 15) is 4.79 Å². The monoisotopic (exact) mass is 417 g/mol. The first-order chi connectivity index (χ1) is 15.0. The minimum atomic E-state index is 0.0998. The van der Waals surface area contributed by atoms with Crippen molar-refractivity contribution in [2.45, 2.75) is 45.1 Å². The Morgan fingerprint density at radius 3 is 2.71 bits per heavy atom. The third-order valence-electron chi connectivity index (χ3n) is 5.77. The van der Waals surface area contributed by atoms with Gasteiger partial charge in [-0.3, -0.25) is 14.9 Å². The number of piperidine rings is 1. The normalized spacial score (nSPS) is 16.2. The van der Waals surface area contributed by atoms with Gasteiger partial charge in [0.05, 0.1) is 23.0 Å². The minimum absolute atomic E-state index is 0.0998. The molecule has 0 spiro atoms. The summed E-state index contributed by atoms with van der Waals surface area (Å²) in [6.07, 6.45) is 3.69. The molecule has 1 amide bonds. The molecule has 1 aromatic heterocycles. The van der Waals surface area contributed by atoms with Gasteiger partial charge >= 0.3 is 0 Å². The van der Waals surface area contributed by atoms with Crippen LogP contribution in [-0.2, 0) is 4.79 Å². The van der Waals surface area contributed by atoms with Crippen molar-refractivity contribution in [1.29, 1.82) is 5.26 Å². The fourth-order valence-electron chi connectivity index (χ4n) is 3.99. The molecule has 160 valence electrons. The van der Waals surface area contributed by atoms with Crippen LogP contribution in [0.25, 0.3) is 5.70 Å². The average molecular weight is 418 g/mol. The maximum atomic E-state index is 12.6. The van der Waals surface area contributed by atoms with Gasteiger partial charge in [-0.25, -0.2) is 4.99 Å². The Hall–Kier alpha value is -3.53. The maximum absolute atomic E-state index is 12.6. The fraction of sp³-hybridized carbons (Fsp3) is 0.375. The molecule has 7 nitrogen and oxygen atoms in total. The molecule has 0 unspecified atom stereocenters. The lowest BCUT2D eigenvalue weighted by atomic mass is 10.1. The molecule has 0 bridgehead atoms. The van der Waals surface area contributed by atoms with Crippen molar-refractivity contribution < 1.29 is 9.53 Å². The standard InChI is InChI=1S/C24H27N5O2/c1-17-6-11-22-18(2)26-23(27-29(17)22)4-3-5-24(30)28-14-12-21(13-15-28)31-20-9-7-19(16-25)8-10-20/h6-11,21H,2-5,12-15H2,1H3,(H,26,27). The molecule has 1 fully saturated rings. The number of carbonyl (C=O) groups excluding carboxylic acids is 1. The lowest BCUT2D eigenvalue weighted by Crippen LogP contribution is -2.41. The molecule has 2 aliphatic heterocycles. The van der Waals surface area contributed by atoms with Gasteiger partial charge in [0.2, 0.25) is 5.91 Å². The Kier molecular flexibility index (Phi) is 6.08. The van der Waals surface area contributed by atoms with E-state index in [0.717, 1.165) is 47.9 Å². The number of likely N-dealkylation sites (tertiary alicyclic amines) is 1. The largest absolute Gasteiger partial charge is 0.490 e. The first-order valence-electron chi connectivity index (χ1n) is 10.7. The summed E-state index contributed by atoms with van der Waals surface area (Å²) in [6.45, 7) is 7.48. The Morgan fingerprint density at radius 2 is 2.00 bits per heavy atom. The van der Waals surface area contributed by atoms with E-state index in [0.29, 0.717) is 31.5 Å². The van der Waals surface area contributed by atoms with E-state index in [2.05, 4.69) is 23.1 Å². The summed E-state index contributed by atoms with van der Waals surface area (Å²) in [7, 11) is 0. The summed E-state index contributed by atoms with van der Waals surface area (Å²) in [4.78, 5) is 19.1. The predicted octanol–water partition coefficient (Wildman–Crippen LogP) is 3.83. The number of hydrogen-bond donors (Lipinski definition) is 1. The van der Waals surface area contributed by atoms with Gasteiger partial charge in [-0.1, -0.05) is 6.58 Å². The van der Waals surface area contributed by atoms with Crippen LogP contribution in [0.1, 0.15) is 49.1 Å². The Bertz CT molecular complexity index is 1040. The highest BCUT2D eigenvalue weighted by Crippen LogP contribution is 2.22. The van der Waals surface area contributed by atoms with Gasteiger partial charge in [-0.2, -0.15) is 5.26 Å². The van der Waals surface area contributed by atoms with Crippen molar-refractivity contribution >= 4 is 17.4 Å². The molecule has 31 heavy (non-hydrogen) atoms. The molecule has 2 aromatic rings. The van der Waals surface area contributed by atoms with Crippen LogP contribution in [0.5, 0.6) is 5.75 Å². The second-order valence-electron chi connectivity index (χ2n) is 8.00. The number of aromatic nitrogens is 1. The highest BCUT2D eigenvalue weighted by Gasteiger charge is 2.24. The zero-order valence-electron chi connectivity index (χ0n) is 17.8. The van der Waals surface area contributed by atoms with E-state index in [4.69, 9.17) is 10.00 Å². The van der Waals surface area contributed by atoms with Gasteiger partial charge in [-0.05, 0) is 49.7 Å². The van der Waals surface area contributed by atoms with E-state index in [-0.39, 0.29) is 12.0 Å². The zero-order valence-corrected chi connectivity index (χ0v) is 17.8. The molecule has 0 radical (unpaired) electrons. The van der Waals surface area contributed by atoms with Crippen molar-refractivity contribution in [2.24, 2.45) is 4.99 Å². The Morgan fingerprint density at radius 1 is 1.26 bits per heavy atom. The average Bonchev–Trinajstić information content (AvgIpc) is 3.16. The second kappa shape index (κ2) is 9.09. The molecule has 1 saturated heterocycles. The number of hydrogen-bond acceptors (Lipinski definition) is 5. The number of nitriles is 1. The van der Waals surface area contributed by atoms with Crippen LogP contribution in [0.15, 0.2) is 48.0 Å². The quantitative estimate of drug-likeness (QED) is 0.774. The van der Waals surface area contributed by atoms with Crippen LogP contribution in [0.2, 0.25) is 0 Å². The Balaban J connectivity index is 1.19. The number of aryl methyl sites for hydroxylation is 1. The second-order valence-corrected chi connectivity index (χ2v) is 8.00. The number of nitrogens with one attached hydrogen (secondary N) is 1. The highest BCUT2D eigenvalue weighted by molar-refractivity contribution is 5.96. The summed E-state index contributed by atoms with van der Waals surface area (Å²) in [5.41, 5.74) is 6.76. The lowest BCUT2D eigenvalue weighted by molar-refractivity contribution is -0.133. The number of aliphatic imine (C=N–C) groups is 1. The SMILES string of the molecule is C=C1N=C(CCCC(=O)N2CCC(Oc3ccc(C#N)cc3)CC2)Nn2c(C)ccc21. The predicted molar refractivity (Wildman–Crippen MR) is 120 cm³/mol. The maximum Gasteiger partial charge on any atom is 0.222 e. The van der Waals surface area contributed by atoms with Crippen LogP contribution < -0.4 is 10.2 Å². The number of carbonyl (C=O) groups is 1. The zero-order chi connectivity index (χ0) is 21.8. The molecule has 4 rings (SSSR count). The number of nitrogens with zero attached hydrogens (tertiary/aromatic N) is 4. The number of fused-ring (bicyclic) bond motifs is 1. The van der Waals surface area contributed by atoms with E-state index in [1.165, 1.54) is 0 Å². The summed E-state index contributed by atoms with van der Waals surface area (Å²) >= 11 is 0. The first kappa shape index (κ1) is 20.7. The van der Waals surface area contributed by atoms with Crippen LogP contribution in [-0.4, -0.2) is 40.5 Å². The van der Waals surface area contributed by atoms with E-state index >= 15 is 0 Å². The van der Waals surface area contributed by atoms with Crippen molar-refractivity contribution in [1.82, 2.24) is 9.58 Å². The number of rotatable bonds is 6. The molecule has 1 aromatic carbocycles. The van der Waals surface area contributed by atoms with Gasteiger partial charge in [0.25, 0.3) is 0 Å². The smallest absolute Gasteiger partial charge is 0.222 e. The summed E-state index contributed by atoms with van der Waals surface area (Å²) in [5, 5.41) is 8.88. The molecule has 0 saturated carbocycles. The van der Waals surface area contributed by atoms with Crippen LogP contribution in [0.3, 0.4) is 0 Å². The third kappa shape index (κ3) is 4.80. The summed E-state index contributed by atoms with van der Waals surface area (Å²) < 4.78 is 7.99. The van der Waals surface area contributed by atoms with Crippen molar-refractivity contribution in [3.05, 3.63) is 59.9 Å². The third-order valence-corrected chi connectivity index (χ3v) is 5.77. The van der Waals surface area contributed by atoms with Gasteiger partial charge in [0.1, 0.15) is 17.7 Å². The molecule has 0 atom stereocenters. The molecule has 3 heterocycles. The summed E-state index contributed by atoms with van der Waals surface area (Å²) in [5.74, 6) is 1.80. The van der Waals surface area contributed by atoms with Crippen LogP contribution >= 0.6 is 0 Å². The van der Waals surface area contributed by atoms with Crippen molar-refractivity contribution in [2.75, 3.05) is 18.5 Å². The van der Waals surface area contributed by atoms with E-state index in [1.54, 1.807) is 12.1 Å². The molecule has 0 aliphatic carbocycles. The summed E-state index contributed by atoms with van der Waals surface area (Å²) in [6, 6.07) is 13.3. The number of ether oxygens (including phenoxy) is 1. The Labute approximate surface area is 182 Å². The van der Waals surface area contributed by atoms with Gasteiger partial charge in [-0.15, -0.1) is 0 Å². The lowest BCUT2D eigenvalue weighted by Gasteiger charge is -2.32. The highest BCUT2D eigenvalue weighted by atomic mass is 16.5. The van der Waals surface area contributed by atoms with Crippen LogP contribution in [0.4, 0.5) is 0 Å².